The summed E-state index contributed by atoms with van der Waals surface area (Å²) in [6.45, 7) is 10.4. The van der Waals surface area contributed by atoms with Gasteiger partial charge in [0, 0.05) is 24.4 Å². The van der Waals surface area contributed by atoms with Crippen LogP contribution in [0.3, 0.4) is 0 Å². The first kappa shape index (κ1) is 20.9. The largest absolute Gasteiger partial charge is 0.396 e. The lowest BCUT2D eigenvalue weighted by molar-refractivity contribution is 0.229. The second-order valence-electron chi connectivity index (χ2n) is 8.57. The molecule has 0 radical (unpaired) electrons. The summed E-state index contributed by atoms with van der Waals surface area (Å²) < 4.78 is 1.13. The summed E-state index contributed by atoms with van der Waals surface area (Å²) in [6.07, 6.45) is 3.02. The van der Waals surface area contributed by atoms with Crippen molar-refractivity contribution in [2.75, 3.05) is 17.2 Å². The topological polar surface area (TPSA) is 95.9 Å². The van der Waals surface area contributed by atoms with Crippen molar-refractivity contribution in [1.29, 1.82) is 0 Å². The molecule has 4 rings (SSSR count). The van der Waals surface area contributed by atoms with Gasteiger partial charge in [0.25, 0.3) is 0 Å². The third-order valence-corrected chi connectivity index (χ3v) is 6.56. The zero-order valence-corrected chi connectivity index (χ0v) is 19.1. The molecule has 2 unspecified atom stereocenters. The molecule has 1 aliphatic rings. The number of pyridine rings is 1. The van der Waals surface area contributed by atoms with Gasteiger partial charge in [0.1, 0.15) is 16.3 Å². The van der Waals surface area contributed by atoms with E-state index in [4.69, 9.17) is 15.0 Å². The van der Waals surface area contributed by atoms with E-state index in [0.29, 0.717) is 17.9 Å². The highest BCUT2D eigenvalue weighted by Gasteiger charge is 2.27. The number of aryl methyl sites for hydroxylation is 3. The van der Waals surface area contributed by atoms with Crippen LogP contribution in [-0.4, -0.2) is 43.7 Å². The van der Waals surface area contributed by atoms with E-state index >= 15 is 0 Å². The van der Waals surface area contributed by atoms with Crippen molar-refractivity contribution in [3.05, 3.63) is 23.1 Å². The predicted molar refractivity (Wildman–Crippen MR) is 123 cm³/mol. The molecule has 3 aromatic rings. The number of rotatable bonds is 6. The average molecular weight is 427 g/mol. The molecule has 8 heteroatoms. The molecular formula is C22H30N6OS. The first-order chi connectivity index (χ1) is 14.3. The lowest BCUT2D eigenvalue weighted by Gasteiger charge is -2.19. The van der Waals surface area contributed by atoms with Gasteiger partial charge in [-0.25, -0.2) is 9.97 Å². The summed E-state index contributed by atoms with van der Waals surface area (Å²) in [5, 5.41) is 17.4. The zero-order chi connectivity index (χ0) is 21.4. The minimum atomic E-state index is 0.243. The van der Waals surface area contributed by atoms with Crippen LogP contribution in [0.1, 0.15) is 50.2 Å². The SMILES string of the molecule is Cc1cc2sc(-c3c(C)nc(NC(C)C)nc3NC3CCC(CO)C3)nc2c(C)n1. The number of aromatic nitrogens is 4. The van der Waals surface area contributed by atoms with Crippen LogP contribution in [0.5, 0.6) is 0 Å². The van der Waals surface area contributed by atoms with Crippen LogP contribution in [-0.2, 0) is 0 Å². The summed E-state index contributed by atoms with van der Waals surface area (Å²) >= 11 is 1.66. The molecule has 7 nitrogen and oxygen atoms in total. The van der Waals surface area contributed by atoms with Crippen molar-refractivity contribution in [3.63, 3.8) is 0 Å². The van der Waals surface area contributed by atoms with Crippen LogP contribution >= 0.6 is 11.3 Å². The maximum atomic E-state index is 9.52. The normalized spacial score (nSPS) is 19.0. The van der Waals surface area contributed by atoms with Crippen LogP contribution in [0.25, 0.3) is 20.8 Å². The van der Waals surface area contributed by atoms with Gasteiger partial charge in [0.05, 0.1) is 21.7 Å². The van der Waals surface area contributed by atoms with Gasteiger partial charge in [-0.1, -0.05) is 0 Å². The lowest BCUT2D eigenvalue weighted by Crippen LogP contribution is -2.20. The maximum Gasteiger partial charge on any atom is 0.225 e. The van der Waals surface area contributed by atoms with E-state index < -0.39 is 0 Å². The molecule has 3 heterocycles. The Balaban J connectivity index is 1.78. The molecule has 0 spiro atoms. The van der Waals surface area contributed by atoms with E-state index in [1.165, 1.54) is 0 Å². The van der Waals surface area contributed by atoms with Crippen LogP contribution < -0.4 is 10.6 Å². The number of hydrogen-bond donors (Lipinski definition) is 3. The summed E-state index contributed by atoms with van der Waals surface area (Å²) in [7, 11) is 0. The highest BCUT2D eigenvalue weighted by Crippen LogP contribution is 2.38. The molecule has 30 heavy (non-hydrogen) atoms. The molecule has 1 fully saturated rings. The van der Waals surface area contributed by atoms with Crippen molar-refractivity contribution in [1.82, 2.24) is 19.9 Å². The highest BCUT2D eigenvalue weighted by atomic mass is 32.1. The third-order valence-electron chi connectivity index (χ3n) is 5.54. The van der Waals surface area contributed by atoms with Crippen LogP contribution in [0.4, 0.5) is 11.8 Å². The van der Waals surface area contributed by atoms with Crippen molar-refractivity contribution < 1.29 is 5.11 Å². The molecule has 0 aromatic carbocycles. The van der Waals surface area contributed by atoms with Gasteiger partial charge in [-0.3, -0.25) is 4.98 Å². The summed E-state index contributed by atoms with van der Waals surface area (Å²) in [6, 6.07) is 2.62. The number of thiazole rings is 1. The molecule has 2 atom stereocenters. The van der Waals surface area contributed by atoms with Crippen LogP contribution in [0.15, 0.2) is 6.07 Å². The van der Waals surface area contributed by atoms with Gasteiger partial charge < -0.3 is 15.7 Å². The molecule has 3 N–H and O–H groups in total. The predicted octanol–water partition coefficient (Wildman–Crippen LogP) is 4.47. The first-order valence-corrected chi connectivity index (χ1v) is 11.4. The Bertz CT molecular complexity index is 1060. The maximum absolute atomic E-state index is 9.52. The molecule has 0 saturated heterocycles. The number of aliphatic hydroxyl groups is 1. The molecule has 3 aromatic heterocycles. The molecule has 1 aliphatic carbocycles. The smallest absolute Gasteiger partial charge is 0.225 e. The molecule has 160 valence electrons. The Morgan fingerprint density at radius 1 is 1.10 bits per heavy atom. The Labute approximate surface area is 181 Å². The van der Waals surface area contributed by atoms with Crippen LogP contribution in [0, 0.1) is 26.7 Å². The van der Waals surface area contributed by atoms with E-state index in [2.05, 4.69) is 35.5 Å². The quantitative estimate of drug-likeness (QED) is 0.535. The first-order valence-electron chi connectivity index (χ1n) is 10.6. The summed E-state index contributed by atoms with van der Waals surface area (Å²) in [4.78, 5) is 19.0. The van der Waals surface area contributed by atoms with Crippen molar-refractivity contribution in [2.45, 2.75) is 66.0 Å². The van der Waals surface area contributed by atoms with Crippen molar-refractivity contribution >= 4 is 33.3 Å². The zero-order valence-electron chi connectivity index (χ0n) is 18.3. The summed E-state index contributed by atoms with van der Waals surface area (Å²) in [5.74, 6) is 1.80. The second-order valence-corrected chi connectivity index (χ2v) is 9.60. The minimum Gasteiger partial charge on any atom is -0.396 e. The number of fused-ring (bicyclic) bond motifs is 1. The average Bonchev–Trinajstić information content (AvgIpc) is 3.27. The summed E-state index contributed by atoms with van der Waals surface area (Å²) in [5.41, 5.74) is 4.74. The van der Waals surface area contributed by atoms with Gasteiger partial charge in [-0.2, -0.15) is 4.98 Å². The number of nitrogens with one attached hydrogen (secondary N) is 2. The van der Waals surface area contributed by atoms with Gasteiger partial charge in [-0.05, 0) is 65.9 Å². The van der Waals surface area contributed by atoms with Crippen LogP contribution in [0.2, 0.25) is 0 Å². The second kappa shape index (κ2) is 8.43. The lowest BCUT2D eigenvalue weighted by atomic mass is 10.1. The molecule has 1 saturated carbocycles. The number of nitrogens with zero attached hydrogens (tertiary/aromatic N) is 4. The Morgan fingerprint density at radius 2 is 1.90 bits per heavy atom. The van der Waals surface area contributed by atoms with E-state index in [1.807, 2.05) is 20.8 Å². The number of aliphatic hydroxyl groups excluding tert-OH is 1. The van der Waals surface area contributed by atoms with E-state index in [9.17, 15) is 5.11 Å². The van der Waals surface area contributed by atoms with Gasteiger partial charge >= 0.3 is 0 Å². The number of anilines is 2. The van der Waals surface area contributed by atoms with E-state index in [0.717, 1.165) is 62.9 Å². The monoisotopic (exact) mass is 426 g/mol. The molecule has 0 bridgehead atoms. The molecule has 0 amide bonds. The fourth-order valence-corrected chi connectivity index (χ4v) is 5.37. The van der Waals surface area contributed by atoms with E-state index in [-0.39, 0.29) is 12.6 Å². The Morgan fingerprint density at radius 3 is 2.60 bits per heavy atom. The van der Waals surface area contributed by atoms with Crippen molar-refractivity contribution in [3.8, 4) is 10.6 Å². The fraction of sp³-hybridized carbons (Fsp3) is 0.545. The van der Waals surface area contributed by atoms with E-state index in [1.54, 1.807) is 11.3 Å². The molecule has 0 aliphatic heterocycles. The van der Waals surface area contributed by atoms with Crippen molar-refractivity contribution in [2.24, 2.45) is 5.92 Å². The Kier molecular flexibility index (Phi) is 5.88. The van der Waals surface area contributed by atoms with Gasteiger partial charge in [-0.15, -0.1) is 11.3 Å². The fourth-order valence-electron chi connectivity index (χ4n) is 4.16. The minimum absolute atomic E-state index is 0.243. The molecular weight excluding hydrogens is 396 g/mol. The number of hydrogen-bond acceptors (Lipinski definition) is 8. The van der Waals surface area contributed by atoms with Gasteiger partial charge in [0.15, 0.2) is 0 Å². The third kappa shape index (κ3) is 4.25. The standard InChI is InChI=1S/C22H30N6OS/c1-11(2)23-22-25-13(4)18(20(28-22)26-16-7-6-15(9-16)10-29)21-27-19-14(5)24-12(3)8-17(19)30-21/h8,11,15-16,29H,6-7,9-10H2,1-5H3,(H2,23,25,26,28). The Hall–Kier alpha value is -2.32. The highest BCUT2D eigenvalue weighted by molar-refractivity contribution is 7.21. The van der Waals surface area contributed by atoms with Gasteiger partial charge in [0.2, 0.25) is 5.95 Å².